The quantitative estimate of drug-likeness (QED) is 0.0985. The summed E-state index contributed by atoms with van der Waals surface area (Å²) in [6.07, 6.45) is 0. The number of aryl methyl sites for hydroxylation is 2. The molecule has 0 aliphatic carbocycles. The molecule has 45 heavy (non-hydrogen) atoms. The normalized spacial score (nSPS) is 11.6. The van der Waals surface area contributed by atoms with Gasteiger partial charge in [0.15, 0.2) is 20.4 Å². The van der Waals surface area contributed by atoms with E-state index in [-0.39, 0.29) is 32.3 Å². The van der Waals surface area contributed by atoms with Crippen LogP contribution in [0.3, 0.4) is 0 Å². The van der Waals surface area contributed by atoms with Crippen molar-refractivity contribution in [3.8, 4) is 5.75 Å². The van der Waals surface area contributed by atoms with Crippen LogP contribution in [0, 0.1) is 13.8 Å². The van der Waals surface area contributed by atoms with Gasteiger partial charge in [0.25, 0.3) is 0 Å². The lowest BCUT2D eigenvalue weighted by Crippen LogP contribution is -2.10. The zero-order valence-corrected chi connectivity index (χ0v) is 27.0. The maximum Gasteiger partial charge on any atom is 0.339 e. The Bertz CT molecular complexity index is 2070. The number of fused-ring (bicyclic) bond motifs is 1. The van der Waals surface area contributed by atoms with Crippen molar-refractivity contribution < 1.29 is 25.6 Å². The number of rotatable bonds is 7. The first-order valence-corrected chi connectivity index (χ1v) is 18.0. The van der Waals surface area contributed by atoms with Crippen molar-refractivity contribution >= 4 is 41.9 Å². The summed E-state index contributed by atoms with van der Waals surface area (Å²) in [6, 6.07) is 44.8. The second-order valence-electron chi connectivity index (χ2n) is 10.2. The van der Waals surface area contributed by atoms with E-state index in [1.165, 1.54) is 68.8 Å². The van der Waals surface area contributed by atoms with Crippen LogP contribution in [0.4, 0.5) is 0 Å². The monoisotopic (exact) mass is 654 g/mol. The van der Waals surface area contributed by atoms with Crippen molar-refractivity contribution in [3.05, 3.63) is 157 Å². The molecule has 0 saturated carbocycles. The molecule has 0 bridgehead atoms. The highest BCUT2D eigenvalue weighted by Crippen LogP contribution is 2.33. The van der Waals surface area contributed by atoms with Crippen molar-refractivity contribution in [3.63, 3.8) is 0 Å². The molecule has 0 atom stereocenters. The summed E-state index contributed by atoms with van der Waals surface area (Å²) in [5.74, 6) is -0.0522. The van der Waals surface area contributed by atoms with Gasteiger partial charge in [-0.25, -0.2) is 8.42 Å². The molecule has 0 saturated heterocycles. The average molecular weight is 655 g/mol. The van der Waals surface area contributed by atoms with Crippen LogP contribution in [0.5, 0.6) is 5.75 Å². The molecule has 9 heteroatoms. The lowest BCUT2D eigenvalue weighted by molar-refractivity contribution is 0.464. The molecule has 0 spiro atoms. The molecule has 0 aliphatic rings. The zero-order valence-electron chi connectivity index (χ0n) is 24.5. The van der Waals surface area contributed by atoms with E-state index in [9.17, 15) is 21.4 Å². The Morgan fingerprint density at radius 2 is 0.978 bits per heavy atom. The molecule has 0 fully saturated rings. The van der Waals surface area contributed by atoms with E-state index >= 15 is 0 Å². The molecule has 228 valence electrons. The summed E-state index contributed by atoms with van der Waals surface area (Å²) < 4.78 is 64.2. The van der Waals surface area contributed by atoms with Crippen LogP contribution in [0.15, 0.2) is 170 Å². The molecule has 6 aromatic carbocycles. The molecule has 0 aromatic heterocycles. The van der Waals surface area contributed by atoms with Gasteiger partial charge in [-0.2, -0.15) is 8.42 Å². The Labute approximate surface area is 267 Å². The van der Waals surface area contributed by atoms with Crippen LogP contribution in [-0.2, 0) is 31.1 Å². The summed E-state index contributed by atoms with van der Waals surface area (Å²) in [6.45, 7) is 3.96. The van der Waals surface area contributed by atoms with Crippen LogP contribution in [-0.4, -0.2) is 21.4 Å². The Hall–Kier alpha value is -4.41. The first kappa shape index (κ1) is 32.0. The smallest absolute Gasteiger partial charge is 0.339 e. The summed E-state index contributed by atoms with van der Waals surface area (Å²) in [5, 5.41) is 0.323. The Morgan fingerprint density at radius 1 is 0.511 bits per heavy atom. The topological polar surface area (TPSA) is 101 Å². The molecule has 0 heterocycles. The maximum absolute atomic E-state index is 12.4. The number of hydrogen-bond acceptors (Lipinski definition) is 6. The van der Waals surface area contributed by atoms with Gasteiger partial charge in [0.1, 0.15) is 15.0 Å². The predicted octanol–water partition coefficient (Wildman–Crippen LogP) is 7.91. The third kappa shape index (κ3) is 7.82. The summed E-state index contributed by atoms with van der Waals surface area (Å²) in [4.78, 5) is 3.64. The van der Waals surface area contributed by atoms with Gasteiger partial charge in [0.2, 0.25) is 0 Å². The molecule has 0 N–H and O–H groups in total. The fourth-order valence-corrected chi connectivity index (χ4v) is 8.33. The highest BCUT2D eigenvalue weighted by Gasteiger charge is 2.27. The van der Waals surface area contributed by atoms with Crippen molar-refractivity contribution in [2.24, 2.45) is 0 Å². The molecule has 0 aliphatic heterocycles. The van der Waals surface area contributed by atoms with E-state index in [4.69, 9.17) is 4.18 Å². The van der Waals surface area contributed by atoms with Crippen molar-refractivity contribution in [1.82, 2.24) is 0 Å². The maximum atomic E-state index is 12.4. The minimum atomic E-state index is -4.70. The fraction of sp³-hybridized carbons (Fsp3) is 0.0556. The van der Waals surface area contributed by atoms with Gasteiger partial charge < -0.3 is 8.74 Å². The standard InChI is InChI=1S/C19H17S.C17H14O6S2/c1-16-12-14-19(15-13-16)20(17-8-4-2-5-9-17)18-10-6-3-7-11-18;1-12-8-10-13(11-9-12)25(21,22)23-16-6-2-5-15-14(16)4-3-7-17(15)24(18,19)20/h2-15H,1H3;2-11H,1H3,(H,18,19,20)/q+1;/p-1. The van der Waals surface area contributed by atoms with Crippen molar-refractivity contribution in [2.45, 2.75) is 38.3 Å². The Balaban J connectivity index is 0.000000182. The molecule has 6 aromatic rings. The Morgan fingerprint density at radius 3 is 1.51 bits per heavy atom. The molecule has 0 amide bonds. The minimum Gasteiger partial charge on any atom is -0.744 e. The van der Waals surface area contributed by atoms with E-state index in [2.05, 4.69) is 91.9 Å². The SMILES string of the molecule is Cc1ccc(S(=O)(=O)Oc2cccc3c(S(=O)(=O)[O-])cccc23)cc1.Cc1ccc([S+](c2ccccc2)c2ccccc2)cc1. The second-order valence-corrected chi connectivity index (χ2v) is 15.1. The largest absolute Gasteiger partial charge is 0.744 e. The van der Waals surface area contributed by atoms with Crippen LogP contribution in [0.1, 0.15) is 11.1 Å². The molecule has 0 radical (unpaired) electrons. The van der Waals surface area contributed by atoms with Gasteiger partial charge in [0.05, 0.1) is 15.8 Å². The summed E-state index contributed by atoms with van der Waals surface area (Å²) in [7, 11) is -8.82. The van der Waals surface area contributed by atoms with Gasteiger partial charge >= 0.3 is 10.1 Å². The molecule has 6 rings (SSSR count). The molecular weight excluding hydrogens is 625 g/mol. The van der Waals surface area contributed by atoms with E-state index in [1.807, 2.05) is 6.92 Å². The van der Waals surface area contributed by atoms with E-state index in [0.717, 1.165) is 5.56 Å². The van der Waals surface area contributed by atoms with Crippen LogP contribution < -0.4 is 4.18 Å². The summed E-state index contributed by atoms with van der Waals surface area (Å²) in [5.41, 5.74) is 2.20. The lowest BCUT2D eigenvalue weighted by Gasteiger charge is -2.13. The van der Waals surface area contributed by atoms with Gasteiger partial charge in [-0.1, -0.05) is 96.1 Å². The van der Waals surface area contributed by atoms with Crippen molar-refractivity contribution in [1.29, 1.82) is 0 Å². The Kier molecular flexibility index (Phi) is 9.74. The third-order valence-electron chi connectivity index (χ3n) is 6.84. The molecular formula is C36H30O6S3. The highest BCUT2D eigenvalue weighted by atomic mass is 32.2. The number of hydrogen-bond donors (Lipinski definition) is 0. The van der Waals surface area contributed by atoms with Gasteiger partial charge in [-0.3, -0.25) is 0 Å². The second kappa shape index (κ2) is 13.7. The lowest BCUT2D eigenvalue weighted by atomic mass is 10.1. The predicted molar refractivity (Wildman–Crippen MR) is 177 cm³/mol. The fourth-order valence-electron chi connectivity index (χ4n) is 4.61. The summed E-state index contributed by atoms with van der Waals surface area (Å²) >= 11 is 0. The van der Waals surface area contributed by atoms with Crippen molar-refractivity contribution in [2.75, 3.05) is 0 Å². The first-order valence-electron chi connectivity index (χ1n) is 13.9. The number of benzene rings is 6. The van der Waals surface area contributed by atoms with E-state index in [0.29, 0.717) is 0 Å². The molecule has 6 nitrogen and oxygen atoms in total. The average Bonchev–Trinajstić information content (AvgIpc) is 3.03. The highest BCUT2D eigenvalue weighted by molar-refractivity contribution is 7.97. The zero-order chi connectivity index (χ0) is 32.0. The first-order chi connectivity index (χ1) is 21.5. The third-order valence-corrected chi connectivity index (χ3v) is 11.2. The van der Waals surface area contributed by atoms with Gasteiger partial charge in [0, 0.05) is 10.8 Å². The van der Waals surface area contributed by atoms with Crippen LogP contribution >= 0.6 is 0 Å². The van der Waals surface area contributed by atoms with E-state index < -0.39 is 25.1 Å². The molecule has 0 unspecified atom stereocenters. The van der Waals surface area contributed by atoms with Gasteiger partial charge in [-0.05, 0) is 74.5 Å². The minimum absolute atomic E-state index is 0.0229. The van der Waals surface area contributed by atoms with Crippen LogP contribution in [0.25, 0.3) is 10.8 Å². The van der Waals surface area contributed by atoms with Gasteiger partial charge in [-0.15, -0.1) is 0 Å². The van der Waals surface area contributed by atoms with Crippen LogP contribution in [0.2, 0.25) is 0 Å². The van der Waals surface area contributed by atoms with E-state index in [1.54, 1.807) is 12.1 Å².